The third kappa shape index (κ3) is 13.3. The third-order valence-electron chi connectivity index (χ3n) is 8.03. The lowest BCUT2D eigenvalue weighted by Crippen LogP contribution is -2.58. The lowest BCUT2D eigenvalue weighted by molar-refractivity contribution is -0.137. The van der Waals surface area contributed by atoms with Gasteiger partial charge in [0, 0.05) is 31.0 Å². The summed E-state index contributed by atoms with van der Waals surface area (Å²) >= 11 is 0. The Balaban J connectivity index is 1.76. The minimum atomic E-state index is -1.08. The van der Waals surface area contributed by atoms with Gasteiger partial charge in [-0.05, 0) is 56.6 Å². The Kier molecular flexibility index (Phi) is 15.8. The molecule has 0 aliphatic carbocycles. The maximum atomic E-state index is 13.9. The highest BCUT2D eigenvalue weighted by atomic mass is 16.5. The van der Waals surface area contributed by atoms with E-state index in [9.17, 15) is 24.0 Å². The summed E-state index contributed by atoms with van der Waals surface area (Å²) in [4.78, 5) is 65.1. The van der Waals surface area contributed by atoms with Crippen molar-refractivity contribution in [2.75, 3.05) is 13.2 Å². The number of carbonyl (C=O) groups is 5. The number of hydrogen-bond acceptors (Lipinski definition) is 7. The molecule has 0 saturated carbocycles. The first-order valence-corrected chi connectivity index (χ1v) is 16.8. The van der Waals surface area contributed by atoms with Crippen molar-refractivity contribution in [2.24, 2.45) is 11.8 Å². The largest absolute Gasteiger partial charge is 0.463 e. The molecule has 0 spiro atoms. The molecule has 1 aliphatic rings. The molecule has 4 N–H and O–H groups in total. The molecule has 0 radical (unpaired) electrons. The van der Waals surface area contributed by atoms with Crippen LogP contribution in [0, 0.1) is 11.8 Å². The average molecular weight is 663 g/mol. The van der Waals surface area contributed by atoms with E-state index >= 15 is 0 Å². The quantitative estimate of drug-likeness (QED) is 0.133. The van der Waals surface area contributed by atoms with E-state index < -0.39 is 42.0 Å². The van der Waals surface area contributed by atoms with Crippen LogP contribution in [0.5, 0.6) is 0 Å². The van der Waals surface area contributed by atoms with Crippen molar-refractivity contribution >= 4 is 29.6 Å². The van der Waals surface area contributed by atoms with Crippen molar-refractivity contribution in [3.05, 3.63) is 83.9 Å². The van der Waals surface area contributed by atoms with Gasteiger partial charge in [-0.25, -0.2) is 4.79 Å². The van der Waals surface area contributed by atoms with E-state index in [4.69, 9.17) is 9.47 Å². The van der Waals surface area contributed by atoms with Gasteiger partial charge in [0.2, 0.25) is 23.6 Å². The van der Waals surface area contributed by atoms with Crippen molar-refractivity contribution in [2.45, 2.75) is 90.6 Å². The fourth-order valence-corrected chi connectivity index (χ4v) is 5.44. The van der Waals surface area contributed by atoms with Crippen LogP contribution < -0.4 is 21.3 Å². The van der Waals surface area contributed by atoms with E-state index in [1.807, 2.05) is 74.5 Å². The number of esters is 1. The summed E-state index contributed by atoms with van der Waals surface area (Å²) in [5, 5.41) is 11.4. The van der Waals surface area contributed by atoms with Gasteiger partial charge in [0.1, 0.15) is 12.1 Å². The molecule has 2 aromatic carbocycles. The Labute approximate surface area is 283 Å². The molecule has 11 heteroatoms. The highest BCUT2D eigenvalue weighted by Crippen LogP contribution is 2.18. The smallest absolute Gasteiger partial charge is 0.330 e. The number of ether oxygens (including phenoxy) is 2. The van der Waals surface area contributed by atoms with Gasteiger partial charge in [-0.1, -0.05) is 80.6 Å². The summed E-state index contributed by atoms with van der Waals surface area (Å²) in [6.07, 6.45) is 3.89. The molecule has 0 bridgehead atoms. The van der Waals surface area contributed by atoms with Gasteiger partial charge in [0.05, 0.1) is 19.3 Å². The molecular weight excluding hydrogens is 612 g/mol. The molecule has 1 fully saturated rings. The molecule has 3 rings (SSSR count). The van der Waals surface area contributed by atoms with Crippen molar-refractivity contribution in [1.29, 1.82) is 0 Å². The van der Waals surface area contributed by atoms with E-state index in [2.05, 4.69) is 21.3 Å². The topological polar surface area (TPSA) is 152 Å². The second kappa shape index (κ2) is 20.0. The first kappa shape index (κ1) is 37.9. The van der Waals surface area contributed by atoms with Crippen LogP contribution >= 0.6 is 0 Å². The molecule has 1 saturated heterocycles. The Bertz CT molecular complexity index is 1370. The Morgan fingerprint density at radius 3 is 2.19 bits per heavy atom. The number of benzene rings is 2. The molecule has 2 aromatic rings. The second-order valence-electron chi connectivity index (χ2n) is 12.5. The Hall–Kier alpha value is -4.51. The maximum Gasteiger partial charge on any atom is 0.330 e. The van der Waals surface area contributed by atoms with E-state index in [0.717, 1.165) is 11.1 Å². The predicted molar refractivity (Wildman–Crippen MR) is 182 cm³/mol. The van der Waals surface area contributed by atoms with Gasteiger partial charge >= 0.3 is 5.97 Å². The van der Waals surface area contributed by atoms with Crippen molar-refractivity contribution in [1.82, 2.24) is 21.3 Å². The zero-order chi connectivity index (χ0) is 34.9. The maximum absolute atomic E-state index is 13.9. The number of hydrogen-bond donors (Lipinski definition) is 4. The summed E-state index contributed by atoms with van der Waals surface area (Å²) in [6.45, 7) is 8.24. The van der Waals surface area contributed by atoms with Crippen molar-refractivity contribution in [3.8, 4) is 0 Å². The van der Waals surface area contributed by atoms with Crippen LogP contribution in [0.1, 0.15) is 64.5 Å². The van der Waals surface area contributed by atoms with E-state index in [1.165, 1.54) is 12.2 Å². The number of carbonyl (C=O) groups excluding carboxylic acids is 5. The van der Waals surface area contributed by atoms with Crippen LogP contribution in [0.15, 0.2) is 72.8 Å². The van der Waals surface area contributed by atoms with Gasteiger partial charge in [0.15, 0.2) is 0 Å². The van der Waals surface area contributed by atoms with Crippen LogP contribution in [0.3, 0.4) is 0 Å². The summed E-state index contributed by atoms with van der Waals surface area (Å²) in [7, 11) is 0. The number of nitrogens with one attached hydrogen (secondary N) is 4. The standard InChI is InChI=1S/C37H50N4O7/c1-5-47-33(43)19-17-30(23-29-20-21-38-35(29)44)39-36(45)31(22-25(2)3)40-37(46)34(26(4)48-24-28-14-10-7-11-15-28)41-32(42)18-16-27-12-8-6-9-13-27/h6-15,17,19,25-26,29-31,34H,5,16,18,20-24H2,1-4H3,(H,38,44)(H,39,45)(H,40,46)(H,41,42)/b19-17+/t26?,29-,30+,31-,34-/m0/s1. The molecule has 4 amide bonds. The Morgan fingerprint density at radius 1 is 0.917 bits per heavy atom. The number of aryl methyl sites for hydroxylation is 1. The molecule has 260 valence electrons. The first-order chi connectivity index (χ1) is 23.0. The molecular formula is C37H50N4O7. The monoisotopic (exact) mass is 662 g/mol. The zero-order valence-electron chi connectivity index (χ0n) is 28.4. The zero-order valence-corrected chi connectivity index (χ0v) is 28.4. The van der Waals surface area contributed by atoms with Gasteiger partial charge in [-0.3, -0.25) is 19.2 Å². The fourth-order valence-electron chi connectivity index (χ4n) is 5.44. The SMILES string of the molecule is CCOC(=O)/C=C/[C@H](C[C@@H]1CCNC1=O)NC(=O)[C@H](CC(C)C)NC(=O)[C@@H](NC(=O)CCc1ccccc1)C(C)OCc1ccccc1. The molecule has 5 atom stereocenters. The van der Waals surface area contributed by atoms with E-state index in [0.29, 0.717) is 25.8 Å². The van der Waals surface area contributed by atoms with Crippen molar-refractivity contribution < 1.29 is 33.4 Å². The lowest BCUT2D eigenvalue weighted by atomic mass is 9.96. The normalized spacial score (nSPS) is 16.9. The highest BCUT2D eigenvalue weighted by molar-refractivity contribution is 5.93. The Morgan fingerprint density at radius 2 is 1.58 bits per heavy atom. The molecule has 1 aliphatic heterocycles. The fraction of sp³-hybridized carbons (Fsp3) is 0.486. The number of rotatable bonds is 19. The van der Waals surface area contributed by atoms with Crippen LogP contribution in [-0.2, 0) is 46.5 Å². The van der Waals surface area contributed by atoms with Gasteiger partial charge in [0.25, 0.3) is 0 Å². The summed E-state index contributed by atoms with van der Waals surface area (Å²) in [6, 6.07) is 16.4. The summed E-state index contributed by atoms with van der Waals surface area (Å²) in [5.74, 6) is -2.33. The van der Waals surface area contributed by atoms with Crippen LogP contribution in [-0.4, -0.2) is 67.0 Å². The van der Waals surface area contributed by atoms with E-state index in [-0.39, 0.29) is 49.7 Å². The molecule has 1 heterocycles. The predicted octanol–water partition coefficient (Wildman–Crippen LogP) is 3.37. The minimum absolute atomic E-state index is 0.0286. The van der Waals surface area contributed by atoms with Crippen LogP contribution in [0.25, 0.3) is 0 Å². The van der Waals surface area contributed by atoms with Gasteiger partial charge < -0.3 is 30.7 Å². The van der Waals surface area contributed by atoms with Crippen LogP contribution in [0.2, 0.25) is 0 Å². The third-order valence-corrected chi connectivity index (χ3v) is 8.03. The summed E-state index contributed by atoms with van der Waals surface area (Å²) in [5.41, 5.74) is 1.91. The second-order valence-corrected chi connectivity index (χ2v) is 12.5. The van der Waals surface area contributed by atoms with Gasteiger partial charge in [-0.15, -0.1) is 0 Å². The molecule has 11 nitrogen and oxygen atoms in total. The highest BCUT2D eigenvalue weighted by Gasteiger charge is 2.33. The summed E-state index contributed by atoms with van der Waals surface area (Å²) < 4.78 is 11.0. The van der Waals surface area contributed by atoms with Gasteiger partial charge in [-0.2, -0.15) is 0 Å². The molecule has 1 unspecified atom stereocenters. The minimum Gasteiger partial charge on any atom is -0.463 e. The first-order valence-electron chi connectivity index (χ1n) is 16.8. The van der Waals surface area contributed by atoms with Crippen LogP contribution in [0.4, 0.5) is 0 Å². The molecule has 48 heavy (non-hydrogen) atoms. The van der Waals surface area contributed by atoms with E-state index in [1.54, 1.807) is 13.8 Å². The lowest BCUT2D eigenvalue weighted by Gasteiger charge is -2.28. The van der Waals surface area contributed by atoms with Crippen molar-refractivity contribution in [3.63, 3.8) is 0 Å². The average Bonchev–Trinajstić information content (AvgIpc) is 3.48. The number of amides is 4. The molecule has 0 aromatic heterocycles.